The van der Waals surface area contributed by atoms with Gasteiger partial charge in [-0.15, -0.1) is 11.3 Å². The van der Waals surface area contributed by atoms with E-state index >= 15 is 0 Å². The number of hydrogen-bond acceptors (Lipinski definition) is 4. The van der Waals surface area contributed by atoms with Gasteiger partial charge in [0.1, 0.15) is 12.7 Å². The average Bonchev–Trinajstić information content (AvgIpc) is 2.63. The molecule has 12 heavy (non-hydrogen) atoms. The summed E-state index contributed by atoms with van der Waals surface area (Å²) in [5.41, 5.74) is 1.04. The maximum absolute atomic E-state index is 4.32. The van der Waals surface area contributed by atoms with Crippen molar-refractivity contribution in [3.8, 4) is 0 Å². The summed E-state index contributed by atoms with van der Waals surface area (Å²) in [4.78, 5) is 8.17. The number of hydrogen-bond donors (Lipinski definition) is 0. The highest BCUT2D eigenvalue weighted by molar-refractivity contribution is 7.09. The topological polar surface area (TPSA) is 43.6 Å². The molecular weight excluding hydrogens is 172 g/mol. The lowest BCUT2D eigenvalue weighted by Crippen LogP contribution is -1.99. The Labute approximate surface area is 73.9 Å². The summed E-state index contributed by atoms with van der Waals surface area (Å²) in [5.74, 6) is 0. The number of nitrogens with zero attached hydrogens (tertiary/aromatic N) is 4. The zero-order valence-corrected chi connectivity index (χ0v) is 7.45. The predicted molar refractivity (Wildman–Crippen MR) is 46.0 cm³/mol. The van der Waals surface area contributed by atoms with Crippen LogP contribution in [0.4, 0.5) is 0 Å². The first kappa shape index (κ1) is 7.42. The van der Waals surface area contributed by atoms with Crippen LogP contribution in [0.2, 0.25) is 0 Å². The van der Waals surface area contributed by atoms with Crippen molar-refractivity contribution in [1.29, 1.82) is 0 Å². The molecule has 0 saturated carbocycles. The molecule has 0 bridgehead atoms. The zero-order valence-electron chi connectivity index (χ0n) is 6.64. The summed E-state index contributed by atoms with van der Waals surface area (Å²) < 4.78 is 1.76. The van der Waals surface area contributed by atoms with Gasteiger partial charge in [0.2, 0.25) is 0 Å². The van der Waals surface area contributed by atoms with Gasteiger partial charge < -0.3 is 0 Å². The summed E-state index contributed by atoms with van der Waals surface area (Å²) in [7, 11) is 0. The Morgan fingerprint density at radius 2 is 2.50 bits per heavy atom. The van der Waals surface area contributed by atoms with E-state index < -0.39 is 0 Å². The van der Waals surface area contributed by atoms with E-state index in [0.29, 0.717) is 6.54 Å². The molecule has 2 aromatic heterocycles. The predicted octanol–water partition coefficient (Wildman–Crippen LogP) is 1.09. The third kappa shape index (κ3) is 1.50. The Morgan fingerprint density at radius 3 is 3.08 bits per heavy atom. The van der Waals surface area contributed by atoms with Crippen molar-refractivity contribution in [3.05, 3.63) is 28.7 Å². The monoisotopic (exact) mass is 180 g/mol. The first-order valence-electron chi connectivity index (χ1n) is 3.58. The maximum atomic E-state index is 4.32. The van der Waals surface area contributed by atoms with Crippen LogP contribution >= 0.6 is 11.3 Å². The molecule has 0 radical (unpaired) electrons. The number of rotatable bonds is 2. The van der Waals surface area contributed by atoms with E-state index in [-0.39, 0.29) is 0 Å². The average molecular weight is 180 g/mol. The van der Waals surface area contributed by atoms with Crippen LogP contribution in [0.25, 0.3) is 0 Å². The molecule has 0 atom stereocenters. The SMILES string of the molecule is Cc1nc(Cn2cncn2)cs1. The molecule has 62 valence electrons. The van der Waals surface area contributed by atoms with Crippen molar-refractivity contribution < 1.29 is 0 Å². The molecular formula is C7H8N4S. The van der Waals surface area contributed by atoms with E-state index in [1.54, 1.807) is 22.3 Å². The van der Waals surface area contributed by atoms with Crippen molar-refractivity contribution in [1.82, 2.24) is 19.7 Å². The summed E-state index contributed by atoms with van der Waals surface area (Å²) in [6, 6.07) is 0. The van der Waals surface area contributed by atoms with Crippen LogP contribution < -0.4 is 0 Å². The smallest absolute Gasteiger partial charge is 0.137 e. The van der Waals surface area contributed by atoms with E-state index in [1.807, 2.05) is 12.3 Å². The lowest BCUT2D eigenvalue weighted by molar-refractivity contribution is 0.673. The van der Waals surface area contributed by atoms with Gasteiger partial charge in [-0.25, -0.2) is 14.6 Å². The van der Waals surface area contributed by atoms with Gasteiger partial charge in [-0.3, -0.25) is 0 Å². The molecule has 0 amide bonds. The molecule has 0 fully saturated rings. The summed E-state index contributed by atoms with van der Waals surface area (Å²) in [5, 5.41) is 7.12. The highest BCUT2D eigenvalue weighted by Gasteiger charge is 1.98. The third-order valence-corrected chi connectivity index (χ3v) is 2.28. The van der Waals surface area contributed by atoms with Crippen molar-refractivity contribution >= 4 is 11.3 Å². The van der Waals surface area contributed by atoms with Gasteiger partial charge in [0.25, 0.3) is 0 Å². The highest BCUT2D eigenvalue weighted by atomic mass is 32.1. The van der Waals surface area contributed by atoms with Crippen LogP contribution in [0.3, 0.4) is 0 Å². The largest absolute Gasteiger partial charge is 0.247 e. The Bertz CT molecular complexity index is 351. The minimum atomic E-state index is 0.713. The Morgan fingerprint density at radius 1 is 1.58 bits per heavy atom. The molecule has 5 heteroatoms. The van der Waals surface area contributed by atoms with Crippen molar-refractivity contribution in [2.45, 2.75) is 13.5 Å². The second-order valence-corrected chi connectivity index (χ2v) is 3.51. The van der Waals surface area contributed by atoms with Crippen LogP contribution in [0.15, 0.2) is 18.0 Å². The lowest BCUT2D eigenvalue weighted by atomic mass is 10.5. The van der Waals surface area contributed by atoms with Crippen LogP contribution in [0.1, 0.15) is 10.7 Å². The van der Waals surface area contributed by atoms with E-state index in [0.717, 1.165) is 10.7 Å². The third-order valence-electron chi connectivity index (χ3n) is 1.46. The molecule has 2 heterocycles. The van der Waals surface area contributed by atoms with Gasteiger partial charge in [-0.05, 0) is 6.92 Å². The minimum absolute atomic E-state index is 0.713. The second-order valence-electron chi connectivity index (χ2n) is 2.45. The Kier molecular flexibility index (Phi) is 1.87. The van der Waals surface area contributed by atoms with Crippen molar-refractivity contribution in [2.75, 3.05) is 0 Å². The van der Waals surface area contributed by atoms with Crippen molar-refractivity contribution in [3.63, 3.8) is 0 Å². The number of aryl methyl sites for hydroxylation is 1. The van der Waals surface area contributed by atoms with Crippen molar-refractivity contribution in [2.24, 2.45) is 0 Å². The van der Waals surface area contributed by atoms with Gasteiger partial charge in [0.15, 0.2) is 0 Å². The fourth-order valence-corrected chi connectivity index (χ4v) is 1.57. The number of thiazole rings is 1. The molecule has 0 aliphatic heterocycles. The Hall–Kier alpha value is -1.23. The molecule has 0 unspecified atom stereocenters. The van der Waals surface area contributed by atoms with E-state index in [1.165, 1.54) is 6.33 Å². The summed E-state index contributed by atoms with van der Waals surface area (Å²) >= 11 is 1.65. The molecule has 0 aliphatic rings. The van der Waals surface area contributed by atoms with E-state index in [2.05, 4.69) is 15.1 Å². The first-order chi connectivity index (χ1) is 5.84. The van der Waals surface area contributed by atoms with E-state index in [4.69, 9.17) is 0 Å². The van der Waals surface area contributed by atoms with Gasteiger partial charge in [0, 0.05) is 5.38 Å². The molecule has 0 spiro atoms. The molecule has 0 saturated heterocycles. The molecule has 2 rings (SSSR count). The fourth-order valence-electron chi connectivity index (χ4n) is 0.961. The van der Waals surface area contributed by atoms with Crippen LogP contribution in [-0.2, 0) is 6.54 Å². The van der Waals surface area contributed by atoms with Gasteiger partial charge in [-0.2, -0.15) is 5.10 Å². The maximum Gasteiger partial charge on any atom is 0.137 e. The van der Waals surface area contributed by atoms with Crippen LogP contribution in [0.5, 0.6) is 0 Å². The molecule has 0 aromatic carbocycles. The van der Waals surface area contributed by atoms with Gasteiger partial charge in [0.05, 0.1) is 17.2 Å². The quantitative estimate of drug-likeness (QED) is 0.695. The fraction of sp³-hybridized carbons (Fsp3) is 0.286. The number of aromatic nitrogens is 4. The minimum Gasteiger partial charge on any atom is -0.247 e. The van der Waals surface area contributed by atoms with Crippen LogP contribution in [0, 0.1) is 6.92 Å². The van der Waals surface area contributed by atoms with Gasteiger partial charge >= 0.3 is 0 Å². The molecule has 2 aromatic rings. The summed E-state index contributed by atoms with van der Waals surface area (Å²) in [6.45, 7) is 2.71. The highest BCUT2D eigenvalue weighted by Crippen LogP contribution is 2.08. The molecule has 4 nitrogen and oxygen atoms in total. The summed E-state index contributed by atoms with van der Waals surface area (Å²) in [6.07, 6.45) is 3.22. The second kappa shape index (κ2) is 3.02. The normalized spacial score (nSPS) is 10.4. The molecule has 0 aliphatic carbocycles. The zero-order chi connectivity index (χ0) is 8.39. The van der Waals surface area contributed by atoms with Crippen LogP contribution in [-0.4, -0.2) is 19.7 Å². The lowest BCUT2D eigenvalue weighted by Gasteiger charge is -1.93. The standard InChI is InChI=1S/C7H8N4S/c1-6-10-7(3-12-6)2-11-5-8-4-9-11/h3-5H,2H2,1H3. The van der Waals surface area contributed by atoms with Gasteiger partial charge in [-0.1, -0.05) is 0 Å². The Balaban J connectivity index is 2.14. The molecule has 0 N–H and O–H groups in total. The first-order valence-corrected chi connectivity index (χ1v) is 4.46. The van der Waals surface area contributed by atoms with E-state index in [9.17, 15) is 0 Å².